The number of hydrogen-bond donors (Lipinski definition) is 3. The molecule has 1 aromatic rings. The Hall–Kier alpha value is -2.83. The van der Waals surface area contributed by atoms with Crippen molar-refractivity contribution in [2.45, 2.75) is 62.8 Å². The van der Waals surface area contributed by atoms with E-state index < -0.39 is 29.9 Å². The van der Waals surface area contributed by atoms with Crippen molar-refractivity contribution >= 4 is 17.8 Å². The lowest BCUT2D eigenvalue weighted by Crippen LogP contribution is -2.61. The van der Waals surface area contributed by atoms with Crippen molar-refractivity contribution in [3.8, 4) is 0 Å². The molecule has 3 N–H and O–H groups in total. The third kappa shape index (κ3) is 4.31. The van der Waals surface area contributed by atoms with Crippen LogP contribution >= 0.6 is 0 Å². The number of carboxylic acid groups (broad SMARTS) is 1. The molecule has 2 aliphatic carbocycles. The number of aliphatic hydroxyl groups is 1. The second kappa shape index (κ2) is 8.73. The standard InChI is InChI=1S/C24H30N2O5/c27-19-13-24(11-4-12-24)26(23(31)21(19)22(30)25-14-20(28)29)15-16-7-9-18(10-8-16)17-5-2-1-3-6-17/h1-3,5-6,16,18,27H,4,7-15H2,(H,25,30)(H,28,29). The lowest BCUT2D eigenvalue weighted by atomic mass is 9.69. The highest BCUT2D eigenvalue weighted by atomic mass is 16.4. The summed E-state index contributed by atoms with van der Waals surface area (Å²) in [6.07, 6.45) is 7.13. The summed E-state index contributed by atoms with van der Waals surface area (Å²) in [5.74, 6) is -1.76. The number of hydrogen-bond acceptors (Lipinski definition) is 4. The van der Waals surface area contributed by atoms with Gasteiger partial charge in [-0.25, -0.2) is 0 Å². The van der Waals surface area contributed by atoms with E-state index in [2.05, 4.69) is 29.6 Å². The van der Waals surface area contributed by atoms with Crippen LogP contribution in [0.2, 0.25) is 0 Å². The summed E-state index contributed by atoms with van der Waals surface area (Å²) in [7, 11) is 0. The molecule has 2 fully saturated rings. The Bertz CT molecular complexity index is 882. The fourth-order valence-electron chi connectivity index (χ4n) is 5.41. The minimum absolute atomic E-state index is 0.211. The zero-order chi connectivity index (χ0) is 22.0. The summed E-state index contributed by atoms with van der Waals surface area (Å²) in [5, 5.41) is 21.5. The van der Waals surface area contributed by atoms with Crippen molar-refractivity contribution < 1.29 is 24.6 Å². The number of benzene rings is 1. The van der Waals surface area contributed by atoms with Crippen LogP contribution in [-0.4, -0.2) is 51.5 Å². The third-order valence-corrected chi connectivity index (χ3v) is 7.29. The Kier molecular flexibility index (Phi) is 6.03. The van der Waals surface area contributed by atoms with Gasteiger partial charge in [0.25, 0.3) is 11.8 Å². The molecule has 1 heterocycles. The molecule has 1 aromatic carbocycles. The van der Waals surface area contributed by atoms with Crippen LogP contribution in [0.1, 0.15) is 62.8 Å². The average molecular weight is 427 g/mol. The molecule has 1 spiro atoms. The number of carboxylic acids is 1. The van der Waals surface area contributed by atoms with Gasteiger partial charge in [-0.15, -0.1) is 0 Å². The van der Waals surface area contributed by atoms with E-state index in [4.69, 9.17) is 5.11 Å². The number of carbonyl (C=O) groups excluding carboxylic acids is 2. The highest BCUT2D eigenvalue weighted by molar-refractivity contribution is 6.19. The third-order valence-electron chi connectivity index (χ3n) is 7.29. The van der Waals surface area contributed by atoms with Crippen LogP contribution in [0.5, 0.6) is 0 Å². The molecule has 0 unspecified atom stereocenters. The van der Waals surface area contributed by atoms with Gasteiger partial charge >= 0.3 is 5.97 Å². The van der Waals surface area contributed by atoms with Crippen molar-refractivity contribution in [3.05, 3.63) is 47.2 Å². The van der Waals surface area contributed by atoms with Gasteiger partial charge in [-0.05, 0) is 62.3 Å². The zero-order valence-electron chi connectivity index (χ0n) is 17.7. The molecule has 31 heavy (non-hydrogen) atoms. The topological polar surface area (TPSA) is 107 Å². The summed E-state index contributed by atoms with van der Waals surface area (Å²) >= 11 is 0. The van der Waals surface area contributed by atoms with Crippen LogP contribution in [0.3, 0.4) is 0 Å². The SMILES string of the molecule is O=C(O)CNC(=O)C1=C(O)CC2(CCC2)N(CC2CCC(c3ccccc3)CC2)C1=O. The summed E-state index contributed by atoms with van der Waals surface area (Å²) in [4.78, 5) is 38.3. The maximum atomic E-state index is 13.3. The molecule has 2 amide bonds. The number of nitrogens with zero attached hydrogens (tertiary/aromatic N) is 1. The van der Waals surface area contributed by atoms with Crippen LogP contribution < -0.4 is 5.32 Å². The molecule has 0 bridgehead atoms. The van der Waals surface area contributed by atoms with Crippen molar-refractivity contribution in [2.75, 3.05) is 13.1 Å². The number of aliphatic hydroxyl groups excluding tert-OH is 1. The Morgan fingerprint density at radius 1 is 1.10 bits per heavy atom. The maximum Gasteiger partial charge on any atom is 0.322 e. The quantitative estimate of drug-likeness (QED) is 0.606. The number of amides is 2. The van der Waals surface area contributed by atoms with E-state index in [1.807, 2.05) is 11.0 Å². The number of nitrogens with one attached hydrogen (secondary N) is 1. The van der Waals surface area contributed by atoms with Gasteiger partial charge < -0.3 is 20.4 Å². The van der Waals surface area contributed by atoms with Crippen LogP contribution in [0, 0.1) is 5.92 Å². The van der Waals surface area contributed by atoms with Gasteiger partial charge in [0, 0.05) is 13.0 Å². The molecular weight excluding hydrogens is 396 g/mol. The molecule has 4 rings (SSSR count). The first kappa shape index (κ1) is 21.4. The van der Waals surface area contributed by atoms with Crippen molar-refractivity contribution in [1.82, 2.24) is 10.2 Å². The number of aliphatic carboxylic acids is 1. The van der Waals surface area contributed by atoms with E-state index in [0.717, 1.165) is 44.9 Å². The maximum absolute atomic E-state index is 13.3. The van der Waals surface area contributed by atoms with Crippen LogP contribution in [0.25, 0.3) is 0 Å². The number of carbonyl (C=O) groups is 3. The zero-order valence-corrected chi connectivity index (χ0v) is 17.7. The molecule has 1 aliphatic heterocycles. The monoisotopic (exact) mass is 426 g/mol. The molecule has 3 aliphatic rings. The Morgan fingerprint density at radius 2 is 1.77 bits per heavy atom. The molecule has 7 nitrogen and oxygen atoms in total. The van der Waals surface area contributed by atoms with Gasteiger partial charge in [0.15, 0.2) is 0 Å². The van der Waals surface area contributed by atoms with Crippen molar-refractivity contribution in [3.63, 3.8) is 0 Å². The first-order chi connectivity index (χ1) is 14.9. The Morgan fingerprint density at radius 3 is 2.35 bits per heavy atom. The summed E-state index contributed by atoms with van der Waals surface area (Å²) in [5.41, 5.74) is 0.682. The highest BCUT2D eigenvalue weighted by Gasteiger charge is 2.51. The second-order valence-electron chi connectivity index (χ2n) is 9.20. The Balaban J connectivity index is 1.45. The largest absolute Gasteiger partial charge is 0.511 e. The van der Waals surface area contributed by atoms with Crippen molar-refractivity contribution in [2.24, 2.45) is 5.92 Å². The lowest BCUT2D eigenvalue weighted by molar-refractivity contribution is -0.145. The molecule has 0 atom stereocenters. The van der Waals surface area contributed by atoms with E-state index in [1.165, 1.54) is 5.56 Å². The van der Waals surface area contributed by atoms with Gasteiger partial charge in [-0.1, -0.05) is 30.3 Å². The molecule has 2 saturated carbocycles. The van der Waals surface area contributed by atoms with E-state index >= 15 is 0 Å². The molecule has 166 valence electrons. The first-order valence-corrected chi connectivity index (χ1v) is 11.2. The van der Waals surface area contributed by atoms with Crippen molar-refractivity contribution in [1.29, 1.82) is 0 Å². The van der Waals surface area contributed by atoms with E-state index in [1.54, 1.807) is 0 Å². The lowest BCUT2D eigenvalue weighted by Gasteiger charge is -2.53. The normalized spacial score (nSPS) is 25.3. The first-order valence-electron chi connectivity index (χ1n) is 11.2. The minimum atomic E-state index is -1.20. The molecule has 0 aromatic heterocycles. The minimum Gasteiger partial charge on any atom is -0.511 e. The Labute approximate surface area is 182 Å². The van der Waals surface area contributed by atoms with Gasteiger partial charge in [0.2, 0.25) is 0 Å². The fraction of sp³-hybridized carbons (Fsp3) is 0.542. The van der Waals surface area contributed by atoms with Crippen LogP contribution in [-0.2, 0) is 14.4 Å². The highest BCUT2D eigenvalue weighted by Crippen LogP contribution is 2.47. The summed E-state index contributed by atoms with van der Waals surface area (Å²) < 4.78 is 0. The van der Waals surface area contributed by atoms with Gasteiger partial charge in [0.1, 0.15) is 17.9 Å². The van der Waals surface area contributed by atoms with E-state index in [-0.39, 0.29) is 17.8 Å². The van der Waals surface area contributed by atoms with E-state index in [9.17, 15) is 19.5 Å². The fourth-order valence-corrected chi connectivity index (χ4v) is 5.41. The number of rotatable bonds is 6. The predicted octanol–water partition coefficient (Wildman–Crippen LogP) is 3.13. The van der Waals surface area contributed by atoms with Gasteiger partial charge in [-0.2, -0.15) is 0 Å². The second-order valence-corrected chi connectivity index (χ2v) is 9.20. The molecular formula is C24H30N2O5. The van der Waals surface area contributed by atoms with Crippen LogP contribution in [0.4, 0.5) is 0 Å². The van der Waals surface area contributed by atoms with Gasteiger partial charge in [-0.3, -0.25) is 14.4 Å². The smallest absolute Gasteiger partial charge is 0.322 e. The van der Waals surface area contributed by atoms with E-state index in [0.29, 0.717) is 18.4 Å². The molecule has 7 heteroatoms. The molecule has 0 saturated heterocycles. The van der Waals surface area contributed by atoms with Crippen LogP contribution in [0.15, 0.2) is 41.7 Å². The average Bonchev–Trinajstić information content (AvgIpc) is 2.74. The summed E-state index contributed by atoms with van der Waals surface area (Å²) in [6.45, 7) is 0.000862. The predicted molar refractivity (Wildman–Crippen MR) is 114 cm³/mol. The molecule has 0 radical (unpaired) electrons. The van der Waals surface area contributed by atoms with Gasteiger partial charge in [0.05, 0.1) is 5.54 Å². The summed E-state index contributed by atoms with van der Waals surface area (Å²) in [6, 6.07) is 10.5.